The molecule has 1 aromatic heterocycles. The third-order valence-corrected chi connectivity index (χ3v) is 5.53. The van der Waals surface area contributed by atoms with E-state index in [1.165, 1.54) is 6.20 Å². The van der Waals surface area contributed by atoms with Crippen LogP contribution in [-0.4, -0.2) is 40.9 Å². The molecule has 4 rings (SSSR count). The Bertz CT molecular complexity index is 1070. The number of aryl methyl sites for hydroxylation is 1. The first-order valence-corrected chi connectivity index (χ1v) is 9.31. The number of halogens is 2. The minimum absolute atomic E-state index is 0. The molecule has 2 heterocycles. The predicted octanol–water partition coefficient (Wildman–Crippen LogP) is 2.20. The van der Waals surface area contributed by atoms with Crippen LogP contribution >= 0.6 is 12.4 Å². The van der Waals surface area contributed by atoms with Gasteiger partial charge in [-0.2, -0.15) is 0 Å². The van der Waals surface area contributed by atoms with Crippen molar-refractivity contribution in [1.29, 1.82) is 0 Å². The summed E-state index contributed by atoms with van der Waals surface area (Å²) in [4.78, 5) is 36.9. The Morgan fingerprint density at radius 3 is 2.62 bits per heavy atom. The number of nitrogens with two attached hydrogens (primary N) is 1. The lowest BCUT2D eigenvalue weighted by atomic mass is 10.0. The summed E-state index contributed by atoms with van der Waals surface area (Å²) in [5.74, 6) is -1.41. The molecule has 0 amide bonds. The van der Waals surface area contributed by atoms with Crippen LogP contribution in [-0.2, 0) is 0 Å². The molecule has 1 aliphatic heterocycles. The summed E-state index contributed by atoms with van der Waals surface area (Å²) in [5, 5.41) is 10.8. The third-order valence-electron chi connectivity index (χ3n) is 5.53. The van der Waals surface area contributed by atoms with E-state index >= 15 is 4.39 Å². The van der Waals surface area contributed by atoms with E-state index in [1.807, 2.05) is 9.47 Å². The predicted molar refractivity (Wildman–Crippen MR) is 109 cm³/mol. The molecule has 2 aromatic rings. The van der Waals surface area contributed by atoms with Gasteiger partial charge >= 0.3 is 0 Å². The number of hydrogen-bond acceptors (Lipinski definition) is 6. The fraction of sp³-hybridized carbons (Fsp3) is 0.474. The van der Waals surface area contributed by atoms with E-state index in [-0.39, 0.29) is 35.4 Å². The van der Waals surface area contributed by atoms with Gasteiger partial charge in [-0.15, -0.1) is 12.4 Å². The number of carbonyl (C=O) groups excluding carboxylic acids is 1. The van der Waals surface area contributed by atoms with Crippen molar-refractivity contribution < 1.29 is 14.1 Å². The first-order chi connectivity index (χ1) is 13.3. The molecule has 29 heavy (non-hydrogen) atoms. The van der Waals surface area contributed by atoms with E-state index in [1.54, 1.807) is 6.92 Å². The number of nitro groups is 1. The van der Waals surface area contributed by atoms with Crippen molar-refractivity contribution in [3.63, 3.8) is 0 Å². The zero-order chi connectivity index (χ0) is 20.2. The van der Waals surface area contributed by atoms with Crippen LogP contribution in [0.1, 0.15) is 41.2 Å². The van der Waals surface area contributed by atoms with Crippen molar-refractivity contribution in [2.75, 3.05) is 24.5 Å². The molecule has 10 heteroatoms. The van der Waals surface area contributed by atoms with E-state index in [2.05, 4.69) is 0 Å². The normalized spacial score (nSPS) is 18.7. The Balaban J connectivity index is 0.00000240. The summed E-state index contributed by atoms with van der Waals surface area (Å²) in [5.41, 5.74) is 6.69. The van der Waals surface area contributed by atoms with E-state index in [0.717, 1.165) is 25.3 Å². The Labute approximate surface area is 172 Å². The number of nitrogens with zero attached hydrogens (tertiary/aromatic N) is 3. The lowest BCUT2D eigenvalue weighted by Gasteiger charge is -2.24. The molecule has 1 aromatic carbocycles. The van der Waals surface area contributed by atoms with Gasteiger partial charge in [0.15, 0.2) is 0 Å². The second kappa shape index (κ2) is 7.72. The average Bonchev–Trinajstić information content (AvgIpc) is 3.37. The van der Waals surface area contributed by atoms with Gasteiger partial charge in [0.2, 0.25) is 11.2 Å². The van der Waals surface area contributed by atoms with Gasteiger partial charge in [-0.1, -0.05) is 0 Å². The number of rotatable bonds is 5. The van der Waals surface area contributed by atoms with Gasteiger partial charge < -0.3 is 15.2 Å². The monoisotopic (exact) mass is 424 g/mol. The molecular weight excluding hydrogens is 403 g/mol. The Kier molecular flexibility index (Phi) is 5.64. The summed E-state index contributed by atoms with van der Waals surface area (Å²) in [6, 6.07) is 1.23. The van der Waals surface area contributed by atoms with Crippen LogP contribution < -0.4 is 16.1 Å². The summed E-state index contributed by atoms with van der Waals surface area (Å²) in [7, 11) is 0. The Morgan fingerprint density at radius 2 is 2.07 bits per heavy atom. The molecule has 0 radical (unpaired) electrons. The fourth-order valence-corrected chi connectivity index (χ4v) is 4.09. The molecule has 2 aliphatic rings. The number of Topliss-reactive ketones (excluding diaryl/α,β-unsaturated/α-hetero) is 1. The maximum atomic E-state index is 15.0. The number of fused-ring (bicyclic) bond motifs is 1. The molecule has 2 N–H and O–H groups in total. The lowest BCUT2D eigenvalue weighted by Crippen LogP contribution is -2.28. The van der Waals surface area contributed by atoms with Gasteiger partial charge in [-0.3, -0.25) is 19.7 Å². The number of anilines is 1. The van der Waals surface area contributed by atoms with Crippen molar-refractivity contribution in [2.45, 2.75) is 38.3 Å². The van der Waals surface area contributed by atoms with Crippen LogP contribution in [0.3, 0.4) is 0 Å². The average molecular weight is 425 g/mol. The highest BCUT2D eigenvalue weighted by Gasteiger charge is 2.31. The topological polar surface area (TPSA) is 111 Å². The molecule has 0 spiro atoms. The largest absolute Gasteiger partial charge is 0.367 e. The Morgan fingerprint density at radius 1 is 1.38 bits per heavy atom. The minimum Gasteiger partial charge on any atom is -0.367 e. The van der Waals surface area contributed by atoms with Crippen LogP contribution in [0.4, 0.5) is 10.1 Å². The molecule has 1 saturated heterocycles. The van der Waals surface area contributed by atoms with Crippen molar-refractivity contribution >= 4 is 34.8 Å². The van der Waals surface area contributed by atoms with Gasteiger partial charge in [0.05, 0.1) is 16.8 Å². The summed E-state index contributed by atoms with van der Waals surface area (Å²) >= 11 is 0. The van der Waals surface area contributed by atoms with Crippen LogP contribution in [0, 0.1) is 22.9 Å². The molecule has 8 nitrogen and oxygen atoms in total. The van der Waals surface area contributed by atoms with Crippen molar-refractivity contribution in [3.8, 4) is 0 Å². The van der Waals surface area contributed by atoms with Gasteiger partial charge in [0.25, 0.3) is 6.54 Å². The van der Waals surface area contributed by atoms with E-state index < -0.39 is 28.5 Å². The molecule has 1 atom stereocenters. The molecule has 1 aliphatic carbocycles. The van der Waals surface area contributed by atoms with Crippen molar-refractivity contribution in [1.82, 2.24) is 4.57 Å². The first-order valence-electron chi connectivity index (χ1n) is 9.31. The summed E-state index contributed by atoms with van der Waals surface area (Å²) < 4.78 is 16.8. The number of pyridine rings is 1. The SMILES string of the molecule is Cc1c(N2CCC(N)C2)c(F)cc2c(=O)c(C(=O)C[N+](=O)[O-])cn(C3CC3)c12.Cl. The standard InChI is InChI=1S/C19H21FN4O4.ClH/c1-10-17-13(6-15(20)18(10)22-5-4-11(21)7-22)19(26)14(16(25)9-24(27)28)8-23(17)12-2-3-12;/h6,8,11-12H,2-5,7,9,21H2,1H3;1H. The molecule has 1 saturated carbocycles. The maximum absolute atomic E-state index is 15.0. The summed E-state index contributed by atoms with van der Waals surface area (Å²) in [6.45, 7) is 1.98. The van der Waals surface area contributed by atoms with Gasteiger partial charge in [0, 0.05) is 41.7 Å². The minimum atomic E-state index is -0.962. The van der Waals surface area contributed by atoms with Crippen LogP contribution in [0.25, 0.3) is 10.9 Å². The number of carbonyl (C=O) groups is 1. The molecule has 0 bridgehead atoms. The van der Waals surface area contributed by atoms with Crippen molar-refractivity contribution in [3.05, 3.63) is 49.5 Å². The van der Waals surface area contributed by atoms with Crippen molar-refractivity contribution in [2.24, 2.45) is 5.73 Å². The third kappa shape index (κ3) is 3.72. The first kappa shape index (κ1) is 21.2. The highest BCUT2D eigenvalue weighted by atomic mass is 35.5. The number of benzene rings is 1. The van der Waals surface area contributed by atoms with Gasteiger partial charge in [-0.05, 0) is 37.8 Å². The van der Waals surface area contributed by atoms with E-state index in [0.29, 0.717) is 29.9 Å². The van der Waals surface area contributed by atoms with Crippen LogP contribution in [0.5, 0.6) is 0 Å². The van der Waals surface area contributed by atoms with Crippen LogP contribution in [0.15, 0.2) is 17.1 Å². The lowest BCUT2D eigenvalue weighted by molar-refractivity contribution is -0.465. The van der Waals surface area contributed by atoms with E-state index in [9.17, 15) is 19.7 Å². The molecular formula is C19H22ClFN4O4. The molecule has 1 unspecified atom stereocenters. The van der Waals surface area contributed by atoms with Gasteiger partial charge in [-0.25, -0.2) is 4.39 Å². The quantitative estimate of drug-likeness (QED) is 0.447. The van der Waals surface area contributed by atoms with Crippen LogP contribution in [0.2, 0.25) is 0 Å². The molecule has 2 fully saturated rings. The maximum Gasteiger partial charge on any atom is 0.266 e. The summed E-state index contributed by atoms with van der Waals surface area (Å²) in [6.07, 6.45) is 3.93. The number of aromatic nitrogens is 1. The Hall–Kier alpha value is -2.52. The van der Waals surface area contributed by atoms with E-state index in [4.69, 9.17) is 5.73 Å². The second-order valence-electron chi connectivity index (χ2n) is 7.65. The fourth-order valence-electron chi connectivity index (χ4n) is 4.09. The zero-order valence-electron chi connectivity index (χ0n) is 15.9. The van der Waals surface area contributed by atoms with Gasteiger partial charge in [0.1, 0.15) is 5.82 Å². The second-order valence-corrected chi connectivity index (χ2v) is 7.65. The molecule has 156 valence electrons. The zero-order valence-corrected chi connectivity index (χ0v) is 16.7. The smallest absolute Gasteiger partial charge is 0.266 e. The number of ketones is 1. The number of hydrogen-bond donors (Lipinski definition) is 1. The highest BCUT2D eigenvalue weighted by molar-refractivity contribution is 6.00. The highest BCUT2D eigenvalue weighted by Crippen LogP contribution is 2.40.